The first-order chi connectivity index (χ1) is 42.5. The Morgan fingerprint density at radius 1 is 0.453 bits per heavy atom. The maximum absolute atomic E-state index is 6.68. The molecule has 2 saturated heterocycles. The summed E-state index contributed by atoms with van der Waals surface area (Å²) in [6.07, 6.45) is 17.1. The van der Waals surface area contributed by atoms with E-state index < -0.39 is 0 Å². The van der Waals surface area contributed by atoms with Crippen molar-refractivity contribution in [1.82, 2.24) is 0 Å². The van der Waals surface area contributed by atoms with Gasteiger partial charge in [-0.2, -0.15) is 0 Å². The Kier molecular flexibility index (Phi) is 16.4. The van der Waals surface area contributed by atoms with Crippen LogP contribution in [0, 0.1) is 10.8 Å². The number of fused-ring (bicyclic) bond motifs is 6. The quantitative estimate of drug-likeness (QED) is 0.0349. The van der Waals surface area contributed by atoms with Crippen LogP contribution in [0.5, 0.6) is 5.75 Å². The molecule has 0 N–H and O–H groups in total. The number of allylic oxidation sites excluding steroid dienone is 2. The summed E-state index contributed by atoms with van der Waals surface area (Å²) in [5.41, 5.74) is 12.0. The fourth-order valence-corrected chi connectivity index (χ4v) is 13.2. The second-order valence-corrected chi connectivity index (χ2v) is 24.5. The summed E-state index contributed by atoms with van der Waals surface area (Å²) in [4.78, 5) is 4.79. The van der Waals surface area contributed by atoms with E-state index in [-0.39, 0.29) is 22.9 Å². The summed E-state index contributed by atoms with van der Waals surface area (Å²) in [6, 6.07) is 57.8. The van der Waals surface area contributed by atoms with E-state index in [2.05, 4.69) is 194 Å². The molecule has 0 spiro atoms. The lowest BCUT2D eigenvalue weighted by Crippen LogP contribution is -2.45. The zero-order valence-electron chi connectivity index (χ0n) is 49.8. The zero-order valence-corrected chi connectivity index (χ0v) is 49.8. The van der Waals surface area contributed by atoms with E-state index in [1.165, 1.54) is 27.1 Å². The third-order valence-corrected chi connectivity index (χ3v) is 18.7. The average molecular weight is 1150 g/mol. The highest BCUT2D eigenvalue weighted by molar-refractivity contribution is 6.28. The van der Waals surface area contributed by atoms with E-state index in [4.69, 9.17) is 37.6 Å². The number of hydrogen-bond donors (Lipinski definition) is 0. The minimum absolute atomic E-state index is 0.00827. The molecule has 0 saturated carbocycles. The van der Waals surface area contributed by atoms with Gasteiger partial charge in [0.05, 0.1) is 64.2 Å². The fourth-order valence-electron chi connectivity index (χ4n) is 13.2. The molecule has 0 amide bonds. The summed E-state index contributed by atoms with van der Waals surface area (Å²) in [7, 11) is 0. The van der Waals surface area contributed by atoms with Crippen molar-refractivity contribution in [2.45, 2.75) is 90.4 Å². The summed E-state index contributed by atoms with van der Waals surface area (Å²) < 4.78 is 48.8. The van der Waals surface area contributed by atoms with Crippen LogP contribution in [0.15, 0.2) is 186 Å². The average Bonchev–Trinajstić information content (AvgIpc) is 0.896. The summed E-state index contributed by atoms with van der Waals surface area (Å²) in [5, 5.41) is 9.34. The molecule has 86 heavy (non-hydrogen) atoms. The number of furan rings is 1. The van der Waals surface area contributed by atoms with Crippen LogP contribution in [0.2, 0.25) is 0 Å². The maximum Gasteiger partial charge on any atom is 0.137 e. The summed E-state index contributed by atoms with van der Waals surface area (Å²) in [6.45, 7) is 13.5. The van der Waals surface area contributed by atoms with Gasteiger partial charge in [0.15, 0.2) is 0 Å². The van der Waals surface area contributed by atoms with Crippen molar-refractivity contribution in [3.8, 4) is 5.75 Å². The van der Waals surface area contributed by atoms with Crippen molar-refractivity contribution in [2.24, 2.45) is 10.8 Å². The molecule has 4 aliphatic rings. The van der Waals surface area contributed by atoms with Gasteiger partial charge in [-0.05, 0) is 151 Å². The van der Waals surface area contributed by atoms with E-state index in [1.807, 2.05) is 12.1 Å². The molecule has 2 unspecified atom stereocenters. The van der Waals surface area contributed by atoms with Crippen molar-refractivity contribution in [1.29, 1.82) is 0 Å². The maximum atomic E-state index is 6.68. The van der Waals surface area contributed by atoms with E-state index in [9.17, 15) is 0 Å². The predicted octanol–water partition coefficient (Wildman–Crippen LogP) is 18.7. The molecular weight excluding hydrogens is 1070 g/mol. The lowest BCUT2D eigenvalue weighted by molar-refractivity contribution is -0.150. The molecule has 3 aliphatic heterocycles. The Bertz CT molecular complexity index is 4020. The molecular formula is C76H78N2O8. The van der Waals surface area contributed by atoms with Crippen LogP contribution < -0.4 is 14.5 Å². The second-order valence-electron chi connectivity index (χ2n) is 24.5. The van der Waals surface area contributed by atoms with E-state index in [0.717, 1.165) is 201 Å². The first kappa shape index (κ1) is 56.3. The number of ether oxygens (including phenoxy) is 7. The highest BCUT2D eigenvalue weighted by Gasteiger charge is 2.38. The Balaban J connectivity index is 0.753. The van der Waals surface area contributed by atoms with Gasteiger partial charge in [0, 0.05) is 105 Å². The number of hydrogen-bond acceptors (Lipinski definition) is 10. The van der Waals surface area contributed by atoms with Gasteiger partial charge >= 0.3 is 0 Å². The van der Waals surface area contributed by atoms with E-state index >= 15 is 0 Å². The topological polar surface area (TPSA) is 84.2 Å². The van der Waals surface area contributed by atoms with Gasteiger partial charge in [0.25, 0.3) is 0 Å². The van der Waals surface area contributed by atoms with Crippen molar-refractivity contribution in [3.05, 3.63) is 199 Å². The normalized spacial score (nSPS) is 17.3. The van der Waals surface area contributed by atoms with Crippen molar-refractivity contribution in [3.63, 3.8) is 0 Å². The summed E-state index contributed by atoms with van der Waals surface area (Å²) in [5.74, 6) is 1.12. The molecule has 2 fully saturated rings. The molecule has 10 heteroatoms. The van der Waals surface area contributed by atoms with Crippen LogP contribution in [0.3, 0.4) is 0 Å². The van der Waals surface area contributed by atoms with Crippen molar-refractivity contribution in [2.75, 3.05) is 75.9 Å². The van der Waals surface area contributed by atoms with Crippen LogP contribution in [-0.2, 0) is 41.6 Å². The van der Waals surface area contributed by atoms with Crippen LogP contribution >= 0.6 is 0 Å². The fraction of sp³-hybridized carbons (Fsp3) is 0.342. The molecule has 14 rings (SSSR count). The van der Waals surface area contributed by atoms with Gasteiger partial charge in [-0.15, -0.1) is 0 Å². The van der Waals surface area contributed by atoms with Crippen molar-refractivity contribution >= 4 is 88.4 Å². The second kappa shape index (κ2) is 25.0. The lowest BCUT2D eigenvalue weighted by Gasteiger charge is -2.40. The first-order valence-corrected chi connectivity index (χ1v) is 31.5. The monoisotopic (exact) mass is 1150 g/mol. The highest BCUT2D eigenvalue weighted by atomic mass is 16.5. The Morgan fingerprint density at radius 2 is 0.942 bits per heavy atom. The highest BCUT2D eigenvalue weighted by Crippen LogP contribution is 2.50. The minimum Gasteiger partial charge on any atom is -0.485 e. The van der Waals surface area contributed by atoms with Crippen molar-refractivity contribution < 1.29 is 37.6 Å². The first-order valence-electron chi connectivity index (χ1n) is 31.5. The van der Waals surface area contributed by atoms with E-state index in [1.54, 1.807) is 0 Å². The number of para-hydroxylation sites is 1. The molecule has 1 aromatic heterocycles. The smallest absolute Gasteiger partial charge is 0.137 e. The predicted molar refractivity (Wildman–Crippen MR) is 348 cm³/mol. The molecule has 9 aromatic carbocycles. The lowest BCUT2D eigenvalue weighted by atomic mass is 9.84. The van der Waals surface area contributed by atoms with Gasteiger partial charge in [-0.25, -0.2) is 0 Å². The molecule has 4 heterocycles. The standard InChI is InChI=1S/C76H78N2O8/c1-3-75(49-83-50-75)47-81-41-13-5-11-39-79-45-53-19-27-57(28-20-53)77(59-31-35-63-61-15-7-9-17-69(61)85-71(63)43-59)67-37-25-55-24-34-66-68(38-26-56-23-33-65(67)73(55)74(56)66)78(60-32-36-64-62-16-8-10-18-70(62)86-72(64)44-60)58-29-21-54(22-30-58)46-80-40-12-6-14-42-82-48-76(4-2)51-84-52-76/h7-10,15-38,43-44,61,69H,3-6,11-14,39-42,45-52H2,1-2H3. The van der Waals surface area contributed by atoms with Gasteiger partial charge < -0.3 is 47.4 Å². The van der Waals surface area contributed by atoms with Gasteiger partial charge in [-0.1, -0.05) is 117 Å². The Labute approximate surface area is 505 Å². The molecule has 1 aliphatic carbocycles. The number of rotatable bonds is 28. The van der Waals surface area contributed by atoms with Crippen LogP contribution in [0.4, 0.5) is 34.1 Å². The Morgan fingerprint density at radius 3 is 1.50 bits per heavy atom. The molecule has 2 atom stereocenters. The zero-order chi connectivity index (χ0) is 57.9. The summed E-state index contributed by atoms with van der Waals surface area (Å²) >= 11 is 0. The molecule has 0 bridgehead atoms. The molecule has 10 nitrogen and oxygen atoms in total. The van der Waals surface area contributed by atoms with Gasteiger partial charge in [0.1, 0.15) is 23.0 Å². The molecule has 10 aromatic rings. The molecule has 440 valence electrons. The third-order valence-electron chi connectivity index (χ3n) is 18.7. The van der Waals surface area contributed by atoms with Gasteiger partial charge in [0.2, 0.25) is 0 Å². The third kappa shape index (κ3) is 11.3. The number of benzene rings is 9. The number of anilines is 6. The van der Waals surface area contributed by atoms with Crippen LogP contribution in [0.25, 0.3) is 54.3 Å². The number of unbranched alkanes of at least 4 members (excludes halogenated alkanes) is 4. The largest absolute Gasteiger partial charge is 0.485 e. The Hall–Kier alpha value is -7.54. The molecule has 0 radical (unpaired) electrons. The SMILES string of the molecule is CCC1(COCCCCCOCc2ccc(N(c3ccc4c(c3)OC3C=CC=CC43)c3ccc4ccc5c(N(c6ccc(COCCCCCOCC7(CC)COC7)cc6)c6ccc7c(c6)oc6ccccc67)ccc6ccc3c4c65)cc2)COC1. The van der Waals surface area contributed by atoms with Gasteiger partial charge in [-0.3, -0.25) is 0 Å². The van der Waals surface area contributed by atoms with E-state index in [0.29, 0.717) is 13.2 Å². The van der Waals surface area contributed by atoms with Crippen LogP contribution in [0.1, 0.15) is 87.8 Å². The minimum atomic E-state index is -0.00827. The van der Waals surface area contributed by atoms with Crippen LogP contribution in [-0.4, -0.2) is 72.2 Å². The number of nitrogens with zero attached hydrogens (tertiary/aromatic N) is 2.